The van der Waals surface area contributed by atoms with Crippen LogP contribution in [0.3, 0.4) is 0 Å². The molecule has 0 fully saturated rings. The third-order valence-electron chi connectivity index (χ3n) is 4.26. The molecule has 1 aliphatic carbocycles. The van der Waals surface area contributed by atoms with Crippen LogP contribution in [0.4, 0.5) is 0 Å². The number of aryl methyl sites for hydroxylation is 2. The fourth-order valence-electron chi connectivity index (χ4n) is 2.95. The van der Waals surface area contributed by atoms with Crippen molar-refractivity contribution in [2.45, 2.75) is 25.0 Å². The number of aliphatic hydroxyl groups is 2. The van der Waals surface area contributed by atoms with Crippen LogP contribution < -0.4 is 0 Å². The maximum atomic E-state index is 9.77. The Kier molecular flexibility index (Phi) is 5.15. The number of carboxylic acids is 2. The van der Waals surface area contributed by atoms with Crippen molar-refractivity contribution in [1.29, 1.82) is 0 Å². The molecular weight excluding hydrogens is 354 g/mol. The number of fused-ring (bicyclic) bond motifs is 5. The van der Waals surface area contributed by atoms with E-state index in [-0.39, 0.29) is 0 Å². The number of benzene rings is 1. The highest BCUT2D eigenvalue weighted by molar-refractivity contribution is 5.97. The van der Waals surface area contributed by atoms with Crippen LogP contribution >= 0.6 is 0 Å². The van der Waals surface area contributed by atoms with Crippen LogP contribution in [0.25, 0.3) is 22.2 Å². The zero-order valence-corrected chi connectivity index (χ0v) is 14.0. The first kappa shape index (κ1) is 18.5. The summed E-state index contributed by atoms with van der Waals surface area (Å²) in [7, 11) is 0. The quantitative estimate of drug-likeness (QED) is 0.448. The van der Waals surface area contributed by atoms with E-state index in [1.54, 1.807) is 6.33 Å². The van der Waals surface area contributed by atoms with E-state index in [1.165, 1.54) is 27.7 Å². The fraction of sp³-hybridized carbons (Fsp3) is 0.222. The molecule has 2 atom stereocenters. The van der Waals surface area contributed by atoms with Crippen LogP contribution in [0.2, 0.25) is 0 Å². The van der Waals surface area contributed by atoms with Gasteiger partial charge < -0.3 is 25.4 Å². The standard InChI is InChI=1S/C14H11N3.C4H6O6/c1-2-4-11-10(3-1)13-12(17-11)6-5-9-7-15-8-16-14(9)13;5-1(3(7)8)2(6)4(9)10/h1-4,7-8,17H,5-6H2;1-2,5-6H,(H,7,8)(H,9,10). The number of aromatic nitrogens is 3. The number of H-pyrrole nitrogens is 1. The second kappa shape index (κ2) is 7.52. The number of hydrogen-bond acceptors (Lipinski definition) is 6. The largest absolute Gasteiger partial charge is 0.479 e. The van der Waals surface area contributed by atoms with Crippen molar-refractivity contribution in [3.63, 3.8) is 0 Å². The molecule has 0 saturated carbocycles. The first-order valence-corrected chi connectivity index (χ1v) is 8.10. The molecule has 0 saturated heterocycles. The molecule has 0 aliphatic heterocycles. The van der Waals surface area contributed by atoms with Gasteiger partial charge in [0.15, 0.2) is 12.2 Å². The Morgan fingerprint density at radius 1 is 1.04 bits per heavy atom. The van der Waals surface area contributed by atoms with Crippen molar-refractivity contribution in [2.75, 3.05) is 0 Å². The summed E-state index contributed by atoms with van der Waals surface area (Å²) in [4.78, 5) is 31.6. The molecule has 2 heterocycles. The van der Waals surface area contributed by atoms with Gasteiger partial charge in [0.2, 0.25) is 0 Å². The Bertz CT molecular complexity index is 982. The number of aromatic amines is 1. The van der Waals surface area contributed by atoms with E-state index in [9.17, 15) is 9.59 Å². The molecule has 9 nitrogen and oxygen atoms in total. The molecule has 1 aliphatic rings. The van der Waals surface area contributed by atoms with Crippen LogP contribution in [0.5, 0.6) is 0 Å². The molecular formula is C18H17N3O6. The minimum absolute atomic E-state index is 1.02. The Hall–Kier alpha value is -3.30. The van der Waals surface area contributed by atoms with Gasteiger partial charge in [-0.25, -0.2) is 19.6 Å². The number of nitrogens with one attached hydrogen (secondary N) is 1. The summed E-state index contributed by atoms with van der Waals surface area (Å²) in [5.41, 5.74) is 6.12. The van der Waals surface area contributed by atoms with Crippen LogP contribution in [0.15, 0.2) is 36.8 Å². The lowest BCUT2D eigenvalue weighted by molar-refractivity contribution is -0.165. The summed E-state index contributed by atoms with van der Waals surface area (Å²) >= 11 is 0. The van der Waals surface area contributed by atoms with Gasteiger partial charge in [0.1, 0.15) is 6.33 Å². The predicted octanol–water partition coefficient (Wildman–Crippen LogP) is 0.601. The number of carbonyl (C=O) groups is 2. The number of rotatable bonds is 3. The number of para-hydroxylation sites is 1. The van der Waals surface area contributed by atoms with E-state index < -0.39 is 24.1 Å². The number of aliphatic carboxylic acids is 2. The van der Waals surface area contributed by atoms with Gasteiger partial charge in [-0.05, 0) is 24.5 Å². The van der Waals surface area contributed by atoms with E-state index in [4.69, 9.17) is 20.4 Å². The van der Waals surface area contributed by atoms with Crippen LogP contribution in [0, 0.1) is 0 Å². The van der Waals surface area contributed by atoms with Crippen molar-refractivity contribution in [3.05, 3.63) is 48.0 Å². The van der Waals surface area contributed by atoms with E-state index in [0.717, 1.165) is 18.5 Å². The highest BCUT2D eigenvalue weighted by atomic mass is 16.4. The second-order valence-electron chi connectivity index (χ2n) is 5.99. The molecule has 2 unspecified atom stereocenters. The summed E-state index contributed by atoms with van der Waals surface area (Å²) in [6, 6.07) is 8.41. The molecule has 3 aromatic rings. The van der Waals surface area contributed by atoms with Gasteiger partial charge in [-0.3, -0.25) is 0 Å². The van der Waals surface area contributed by atoms with Crippen molar-refractivity contribution in [1.82, 2.24) is 15.0 Å². The van der Waals surface area contributed by atoms with Gasteiger partial charge in [0.25, 0.3) is 0 Å². The summed E-state index contributed by atoms with van der Waals surface area (Å²) in [6.07, 6.45) is 1.11. The molecule has 5 N–H and O–H groups in total. The Morgan fingerprint density at radius 3 is 2.37 bits per heavy atom. The minimum Gasteiger partial charge on any atom is -0.479 e. The smallest absolute Gasteiger partial charge is 0.335 e. The summed E-state index contributed by atoms with van der Waals surface area (Å²) < 4.78 is 0. The first-order chi connectivity index (χ1) is 12.9. The third kappa shape index (κ3) is 3.64. The molecule has 2 aromatic heterocycles. The summed E-state index contributed by atoms with van der Waals surface area (Å²) in [5.74, 6) is -3.54. The van der Waals surface area contributed by atoms with Crippen LogP contribution in [0.1, 0.15) is 11.3 Å². The number of aliphatic hydroxyl groups excluding tert-OH is 2. The Morgan fingerprint density at radius 2 is 1.70 bits per heavy atom. The maximum Gasteiger partial charge on any atom is 0.335 e. The average Bonchev–Trinajstić information content (AvgIpc) is 3.06. The Labute approximate surface area is 153 Å². The lowest BCUT2D eigenvalue weighted by atomic mass is 9.93. The number of carboxylic acid groups (broad SMARTS) is 2. The van der Waals surface area contributed by atoms with Crippen molar-refractivity contribution >= 4 is 22.8 Å². The number of hydrogen-bond donors (Lipinski definition) is 5. The van der Waals surface area contributed by atoms with Gasteiger partial charge in [0.05, 0.1) is 5.69 Å². The van der Waals surface area contributed by atoms with Gasteiger partial charge >= 0.3 is 11.9 Å². The lowest BCUT2D eigenvalue weighted by Crippen LogP contribution is -2.39. The van der Waals surface area contributed by atoms with Crippen molar-refractivity contribution < 1.29 is 30.0 Å². The topological polar surface area (TPSA) is 157 Å². The van der Waals surface area contributed by atoms with Crippen LogP contribution in [-0.4, -0.2) is 59.5 Å². The molecule has 0 amide bonds. The summed E-state index contributed by atoms with van der Waals surface area (Å²) in [6.45, 7) is 0. The van der Waals surface area contributed by atoms with E-state index in [0.29, 0.717) is 0 Å². The molecule has 140 valence electrons. The van der Waals surface area contributed by atoms with Crippen molar-refractivity contribution in [2.24, 2.45) is 0 Å². The molecule has 0 bridgehead atoms. The first-order valence-electron chi connectivity index (χ1n) is 8.10. The molecule has 27 heavy (non-hydrogen) atoms. The van der Waals surface area contributed by atoms with Gasteiger partial charge in [0, 0.05) is 28.4 Å². The molecule has 0 radical (unpaired) electrons. The third-order valence-corrected chi connectivity index (χ3v) is 4.26. The molecule has 1 aromatic carbocycles. The zero-order valence-electron chi connectivity index (χ0n) is 14.0. The summed E-state index contributed by atoms with van der Waals surface area (Å²) in [5, 5.41) is 33.8. The minimum atomic E-state index is -2.27. The van der Waals surface area contributed by atoms with E-state index >= 15 is 0 Å². The van der Waals surface area contributed by atoms with Crippen molar-refractivity contribution in [3.8, 4) is 11.3 Å². The van der Waals surface area contributed by atoms with Gasteiger partial charge in [-0.15, -0.1) is 0 Å². The highest BCUT2D eigenvalue weighted by Gasteiger charge is 2.29. The second-order valence-corrected chi connectivity index (χ2v) is 5.99. The maximum absolute atomic E-state index is 9.77. The predicted molar refractivity (Wildman–Crippen MR) is 94.0 cm³/mol. The number of nitrogens with zero attached hydrogens (tertiary/aromatic N) is 2. The Balaban J connectivity index is 0.000000183. The fourth-order valence-corrected chi connectivity index (χ4v) is 2.95. The molecule has 0 spiro atoms. The van der Waals surface area contributed by atoms with Gasteiger partial charge in [-0.1, -0.05) is 18.2 Å². The zero-order chi connectivity index (χ0) is 19.6. The lowest BCUT2D eigenvalue weighted by Gasteiger charge is -2.14. The van der Waals surface area contributed by atoms with Crippen LogP contribution in [-0.2, 0) is 22.4 Å². The average molecular weight is 371 g/mol. The van der Waals surface area contributed by atoms with E-state index in [1.807, 2.05) is 6.20 Å². The highest BCUT2D eigenvalue weighted by Crippen LogP contribution is 2.36. The monoisotopic (exact) mass is 371 g/mol. The van der Waals surface area contributed by atoms with E-state index in [2.05, 4.69) is 39.2 Å². The SMILES string of the molecule is O=C(O)C(O)C(O)C(=O)O.c1ccc2c3c([nH]c2c1)CCc1cncnc1-3. The molecule has 4 rings (SSSR count). The van der Waals surface area contributed by atoms with Gasteiger partial charge in [-0.2, -0.15) is 0 Å². The normalized spacial score (nSPS) is 14.3. The molecule has 9 heteroatoms.